The van der Waals surface area contributed by atoms with Crippen LogP contribution in [0.5, 0.6) is 11.5 Å². The maximum absolute atomic E-state index is 8.98. The minimum atomic E-state index is -0.0500. The average Bonchev–Trinajstić information content (AvgIpc) is 3.64. The molecule has 0 N–H and O–H groups in total. The van der Waals surface area contributed by atoms with Gasteiger partial charge < -0.3 is 18.3 Å². The molecular formula is C28H20N4O4S. The number of nitrogens with zero attached hydrogens (tertiary/aromatic N) is 4. The zero-order valence-electron chi connectivity index (χ0n) is 20.1. The van der Waals surface area contributed by atoms with Crippen molar-refractivity contribution in [3.05, 3.63) is 64.7 Å². The normalized spacial score (nSPS) is 12.9. The van der Waals surface area contributed by atoms with Crippen molar-refractivity contribution < 1.29 is 18.3 Å². The molecule has 0 amide bonds. The van der Waals surface area contributed by atoms with Gasteiger partial charge in [-0.1, -0.05) is 13.0 Å². The summed E-state index contributed by atoms with van der Waals surface area (Å²) in [5.41, 5.74) is 0.800. The van der Waals surface area contributed by atoms with Crippen molar-refractivity contribution in [1.82, 2.24) is 0 Å². The molecule has 0 spiro atoms. The van der Waals surface area contributed by atoms with Gasteiger partial charge in [-0.05, 0) is 54.8 Å². The van der Waals surface area contributed by atoms with Crippen LogP contribution in [0, 0.1) is 51.2 Å². The Morgan fingerprint density at radius 1 is 0.892 bits per heavy atom. The van der Waals surface area contributed by atoms with Gasteiger partial charge in [-0.3, -0.25) is 0 Å². The molecule has 37 heavy (non-hydrogen) atoms. The van der Waals surface area contributed by atoms with E-state index in [0.717, 1.165) is 15.5 Å². The molecule has 0 aromatic carbocycles. The molecule has 1 atom stereocenters. The summed E-state index contributed by atoms with van der Waals surface area (Å²) in [6.07, 6.45) is 5.41. The Morgan fingerprint density at radius 2 is 1.49 bits per heavy atom. The van der Waals surface area contributed by atoms with Crippen molar-refractivity contribution >= 4 is 17.4 Å². The molecule has 0 radical (unpaired) electrons. The largest absolute Gasteiger partial charge is 0.484 e. The molecular weight excluding hydrogens is 488 g/mol. The van der Waals surface area contributed by atoms with Crippen LogP contribution in [0.1, 0.15) is 25.4 Å². The monoisotopic (exact) mass is 508 g/mol. The molecule has 4 heterocycles. The lowest BCUT2D eigenvalue weighted by Crippen LogP contribution is -2.14. The first-order valence-corrected chi connectivity index (χ1v) is 12.1. The lowest BCUT2D eigenvalue weighted by atomic mass is 10.0. The van der Waals surface area contributed by atoms with Crippen molar-refractivity contribution in [3.8, 4) is 57.1 Å². The number of rotatable bonds is 7. The molecule has 0 saturated heterocycles. The maximum atomic E-state index is 8.98. The Balaban J connectivity index is 1.63. The van der Waals surface area contributed by atoms with Crippen LogP contribution in [-0.2, 0) is 6.42 Å². The first-order valence-electron chi connectivity index (χ1n) is 11.3. The highest BCUT2D eigenvalue weighted by Gasteiger charge is 2.29. The number of ether oxygens (including phenoxy) is 2. The van der Waals surface area contributed by atoms with Crippen LogP contribution in [0.4, 0.5) is 0 Å². The van der Waals surface area contributed by atoms with Crippen molar-refractivity contribution in [3.63, 3.8) is 0 Å². The number of nitriles is 4. The molecule has 3 aromatic heterocycles. The van der Waals surface area contributed by atoms with E-state index >= 15 is 0 Å². The molecule has 0 fully saturated rings. The Labute approximate surface area is 217 Å². The van der Waals surface area contributed by atoms with Crippen LogP contribution >= 0.6 is 11.3 Å². The van der Waals surface area contributed by atoms with Gasteiger partial charge in [0.15, 0.2) is 11.5 Å². The lowest BCUT2D eigenvalue weighted by molar-refractivity contribution is 0.174. The van der Waals surface area contributed by atoms with E-state index in [-0.39, 0.29) is 17.1 Å². The van der Waals surface area contributed by atoms with E-state index in [2.05, 4.69) is 0 Å². The molecule has 9 heteroatoms. The van der Waals surface area contributed by atoms with Crippen molar-refractivity contribution in [1.29, 1.82) is 21.0 Å². The summed E-state index contributed by atoms with van der Waals surface area (Å²) in [6.45, 7) is 4.52. The molecule has 0 saturated carbocycles. The second-order valence-electron chi connectivity index (χ2n) is 8.24. The fourth-order valence-electron chi connectivity index (χ4n) is 3.78. The highest BCUT2D eigenvalue weighted by atomic mass is 32.1. The smallest absolute Gasteiger partial charge is 0.183 e. The predicted octanol–water partition coefficient (Wildman–Crippen LogP) is 6.57. The molecule has 4 rings (SSSR count). The average molecular weight is 509 g/mol. The van der Waals surface area contributed by atoms with Gasteiger partial charge in [0.25, 0.3) is 0 Å². The Hall–Kier alpha value is -4.96. The molecule has 3 aromatic rings. The van der Waals surface area contributed by atoms with Crippen LogP contribution < -0.4 is 9.47 Å². The molecule has 182 valence electrons. The van der Waals surface area contributed by atoms with E-state index in [9.17, 15) is 0 Å². The predicted molar refractivity (Wildman–Crippen MR) is 136 cm³/mol. The topological polar surface area (TPSA) is 140 Å². The van der Waals surface area contributed by atoms with Gasteiger partial charge in [-0.25, -0.2) is 0 Å². The van der Waals surface area contributed by atoms with Gasteiger partial charge in [-0.15, -0.1) is 11.3 Å². The summed E-state index contributed by atoms with van der Waals surface area (Å²) < 4.78 is 24.0. The summed E-state index contributed by atoms with van der Waals surface area (Å²) >= 11 is 1.43. The van der Waals surface area contributed by atoms with Crippen molar-refractivity contribution in [2.75, 3.05) is 13.2 Å². The van der Waals surface area contributed by atoms with Gasteiger partial charge in [0.05, 0.1) is 0 Å². The summed E-state index contributed by atoms with van der Waals surface area (Å²) in [4.78, 5) is 1.53. The molecule has 8 nitrogen and oxygen atoms in total. The third-order valence-electron chi connectivity index (χ3n) is 5.33. The summed E-state index contributed by atoms with van der Waals surface area (Å²) in [7, 11) is 0. The van der Waals surface area contributed by atoms with E-state index in [4.69, 9.17) is 39.4 Å². The fourth-order valence-corrected chi connectivity index (χ4v) is 4.89. The van der Waals surface area contributed by atoms with Gasteiger partial charge in [-0.2, -0.15) is 21.0 Å². The second-order valence-corrected chi connectivity index (χ2v) is 9.26. The van der Waals surface area contributed by atoms with Crippen LogP contribution in [0.2, 0.25) is 0 Å². The quantitative estimate of drug-likeness (QED) is 0.258. The number of hydrogen-bond donors (Lipinski definition) is 0. The van der Waals surface area contributed by atoms with Crippen molar-refractivity contribution in [2.45, 2.75) is 20.3 Å². The number of hydrogen-bond acceptors (Lipinski definition) is 9. The Morgan fingerprint density at radius 3 is 2.11 bits per heavy atom. The Bertz CT molecular complexity index is 1560. The van der Waals surface area contributed by atoms with Gasteiger partial charge in [0, 0.05) is 6.42 Å². The van der Waals surface area contributed by atoms with E-state index in [0.29, 0.717) is 54.0 Å². The number of fused-ring (bicyclic) bond motifs is 1. The zero-order chi connectivity index (χ0) is 26.4. The first-order chi connectivity index (χ1) is 17.9. The van der Waals surface area contributed by atoms with Crippen LogP contribution in [0.15, 0.2) is 62.0 Å². The summed E-state index contributed by atoms with van der Waals surface area (Å²) in [5.74, 6) is 3.63. The first kappa shape index (κ1) is 25.1. The van der Waals surface area contributed by atoms with Crippen LogP contribution in [-0.4, -0.2) is 13.2 Å². The fraction of sp³-hybridized carbons (Fsp3) is 0.214. The minimum absolute atomic E-state index is 0.0156. The van der Waals surface area contributed by atoms with Gasteiger partial charge in [0.2, 0.25) is 0 Å². The van der Waals surface area contributed by atoms with Crippen LogP contribution in [0.25, 0.3) is 27.4 Å². The van der Waals surface area contributed by atoms with Crippen LogP contribution in [0.3, 0.4) is 0 Å². The maximum Gasteiger partial charge on any atom is 0.183 e. The van der Waals surface area contributed by atoms with Crippen molar-refractivity contribution in [2.24, 2.45) is 5.92 Å². The standard InChI is InChI=1S/C28H20N4O4S/c1-17(9-19(13-29)14-30)11-21-3-5-23(35-21)27-25-26(34-8-7-33-25)28(37-27)24-6-4-22(36-24)12-18(2)10-20(15-31)16-32/h3-6,9-11,18H,7-8,12H2,1-2H3/b17-11+. The SMILES string of the molecule is C/C(C=C(C#N)C#N)=C\c1ccc(-c2sc(-c3ccc(CC(C)C=C(C#N)C#N)o3)c3c2OCCO3)o1. The molecule has 0 bridgehead atoms. The second kappa shape index (κ2) is 11.2. The van der Waals surface area contributed by atoms with E-state index in [1.54, 1.807) is 25.1 Å². The van der Waals surface area contributed by atoms with E-state index in [1.165, 1.54) is 17.4 Å². The van der Waals surface area contributed by atoms with E-state index < -0.39 is 0 Å². The molecule has 0 aliphatic carbocycles. The highest BCUT2D eigenvalue weighted by Crippen LogP contribution is 2.54. The number of furan rings is 2. The minimum Gasteiger partial charge on any atom is -0.484 e. The molecule has 1 unspecified atom stereocenters. The molecule has 1 aliphatic rings. The lowest BCUT2D eigenvalue weighted by Gasteiger charge is -2.16. The third kappa shape index (κ3) is 5.65. The highest BCUT2D eigenvalue weighted by molar-refractivity contribution is 7.19. The Kier molecular flexibility index (Phi) is 7.60. The number of allylic oxidation sites excluding steroid dienone is 5. The third-order valence-corrected chi connectivity index (χ3v) is 6.51. The van der Waals surface area contributed by atoms with Gasteiger partial charge >= 0.3 is 0 Å². The van der Waals surface area contributed by atoms with E-state index in [1.807, 2.05) is 49.4 Å². The molecule has 1 aliphatic heterocycles. The zero-order valence-corrected chi connectivity index (χ0v) is 20.9. The number of thiophene rings is 1. The van der Waals surface area contributed by atoms with Gasteiger partial charge in [0.1, 0.15) is 81.4 Å². The summed E-state index contributed by atoms with van der Waals surface area (Å²) in [5, 5.41) is 35.9. The summed E-state index contributed by atoms with van der Waals surface area (Å²) in [6, 6.07) is 14.8.